The molecule has 8 heteroatoms. The smallest absolute Gasteiger partial charge is 0.225 e. The van der Waals surface area contributed by atoms with Gasteiger partial charge in [-0.3, -0.25) is 5.10 Å². The number of H-pyrrole nitrogens is 1. The molecule has 3 heterocycles. The molecule has 34 heavy (non-hydrogen) atoms. The fourth-order valence-corrected chi connectivity index (χ4v) is 4.32. The van der Waals surface area contributed by atoms with Crippen molar-refractivity contribution in [1.82, 2.24) is 20.2 Å². The first-order valence-electron chi connectivity index (χ1n) is 12.2. The Morgan fingerprint density at radius 2 is 1.76 bits per heavy atom. The van der Waals surface area contributed by atoms with Gasteiger partial charge in [0.15, 0.2) is 0 Å². The Balaban J connectivity index is 1.23. The number of ether oxygens (including phenoxy) is 1. The van der Waals surface area contributed by atoms with Gasteiger partial charge in [-0.1, -0.05) is 20.8 Å². The highest BCUT2D eigenvalue weighted by Crippen LogP contribution is 2.30. The van der Waals surface area contributed by atoms with Crippen LogP contribution < -0.4 is 9.64 Å². The van der Waals surface area contributed by atoms with E-state index in [2.05, 4.69) is 32.0 Å². The number of benzene rings is 1. The molecule has 0 bridgehead atoms. The molecule has 0 radical (unpaired) electrons. The number of hydrogen-bond donors (Lipinski definition) is 1. The van der Waals surface area contributed by atoms with Gasteiger partial charge in [-0.05, 0) is 55.6 Å². The van der Waals surface area contributed by atoms with Crippen LogP contribution in [0.4, 0.5) is 14.7 Å². The summed E-state index contributed by atoms with van der Waals surface area (Å²) in [6.45, 7) is 8.40. The van der Waals surface area contributed by atoms with Crippen LogP contribution in [-0.2, 0) is 6.42 Å². The molecule has 0 amide bonds. The molecular formula is C26H33F2N5O. The fourth-order valence-electron chi connectivity index (χ4n) is 4.32. The van der Waals surface area contributed by atoms with Crippen molar-refractivity contribution in [3.8, 4) is 17.0 Å². The first-order chi connectivity index (χ1) is 16.4. The number of nitrogens with one attached hydrogen (secondary N) is 1. The first kappa shape index (κ1) is 24.1. The Labute approximate surface area is 199 Å². The number of aromatic amines is 1. The van der Waals surface area contributed by atoms with Crippen molar-refractivity contribution < 1.29 is 13.5 Å². The van der Waals surface area contributed by atoms with Crippen molar-refractivity contribution in [3.05, 3.63) is 53.5 Å². The molecule has 6 nitrogen and oxygen atoms in total. The monoisotopic (exact) mass is 469 g/mol. The van der Waals surface area contributed by atoms with E-state index in [1.807, 2.05) is 26.2 Å². The maximum atomic E-state index is 14.6. The number of halogens is 2. The summed E-state index contributed by atoms with van der Waals surface area (Å²) in [4.78, 5) is 11.2. The second-order valence-electron chi connectivity index (χ2n) is 9.29. The van der Waals surface area contributed by atoms with Gasteiger partial charge in [0.25, 0.3) is 0 Å². The maximum Gasteiger partial charge on any atom is 0.225 e. The summed E-state index contributed by atoms with van der Waals surface area (Å²) in [6.07, 6.45) is 8.78. The molecule has 0 atom stereocenters. The number of piperidine rings is 1. The van der Waals surface area contributed by atoms with Crippen molar-refractivity contribution in [3.63, 3.8) is 0 Å². The molecule has 0 aliphatic carbocycles. The van der Waals surface area contributed by atoms with Crippen LogP contribution >= 0.6 is 0 Å². The van der Waals surface area contributed by atoms with Crippen LogP contribution in [0, 0.1) is 17.6 Å². The van der Waals surface area contributed by atoms with Crippen LogP contribution in [0.3, 0.4) is 0 Å². The van der Waals surface area contributed by atoms with Crippen molar-refractivity contribution in [2.24, 2.45) is 5.92 Å². The third kappa shape index (κ3) is 5.72. The molecule has 2 aromatic heterocycles. The summed E-state index contributed by atoms with van der Waals surface area (Å²) in [6, 6.07) is 4.17. The Morgan fingerprint density at radius 1 is 1.09 bits per heavy atom. The predicted molar refractivity (Wildman–Crippen MR) is 129 cm³/mol. The Morgan fingerprint density at radius 3 is 2.35 bits per heavy atom. The lowest BCUT2D eigenvalue weighted by Crippen LogP contribution is -2.35. The molecule has 4 rings (SSSR count). The lowest BCUT2D eigenvalue weighted by molar-refractivity contribution is 0.277. The minimum absolute atomic E-state index is 0.129. The summed E-state index contributed by atoms with van der Waals surface area (Å²) < 4.78 is 34.9. The van der Waals surface area contributed by atoms with Crippen LogP contribution in [0.25, 0.3) is 11.3 Å². The lowest BCUT2D eigenvalue weighted by Gasteiger charge is -2.32. The van der Waals surface area contributed by atoms with Gasteiger partial charge >= 0.3 is 0 Å². The van der Waals surface area contributed by atoms with Gasteiger partial charge in [0.1, 0.15) is 17.4 Å². The van der Waals surface area contributed by atoms with Crippen molar-refractivity contribution in [2.45, 2.75) is 58.8 Å². The largest absolute Gasteiger partial charge is 0.493 e. The lowest BCUT2D eigenvalue weighted by atomic mass is 9.92. The van der Waals surface area contributed by atoms with Gasteiger partial charge in [0.2, 0.25) is 5.95 Å². The molecule has 1 aliphatic rings. The zero-order chi connectivity index (χ0) is 24.1. The average Bonchev–Trinajstić information content (AvgIpc) is 3.32. The van der Waals surface area contributed by atoms with E-state index in [4.69, 9.17) is 4.74 Å². The second-order valence-corrected chi connectivity index (χ2v) is 9.29. The molecule has 1 aliphatic heterocycles. The van der Waals surface area contributed by atoms with E-state index in [-0.39, 0.29) is 22.9 Å². The molecule has 1 N–H and O–H groups in total. The molecule has 3 aromatic rings. The fraction of sp³-hybridized carbons (Fsp3) is 0.500. The zero-order valence-electron chi connectivity index (χ0n) is 20.2. The average molecular weight is 470 g/mol. The topological polar surface area (TPSA) is 66.9 Å². The Kier molecular flexibility index (Phi) is 7.75. The second kappa shape index (κ2) is 10.9. The SMILES string of the molecule is CCc1cnc(N2CCC(CCCOc3cc(F)c(-c4cc(C(C)C)[nH]n4)c(F)c3)CC2)nc1. The van der Waals surface area contributed by atoms with E-state index in [0.29, 0.717) is 12.5 Å². The van der Waals surface area contributed by atoms with E-state index in [9.17, 15) is 8.78 Å². The summed E-state index contributed by atoms with van der Waals surface area (Å²) in [5.41, 5.74) is 2.12. The third-order valence-electron chi connectivity index (χ3n) is 6.51. The zero-order valence-corrected chi connectivity index (χ0v) is 20.2. The van der Waals surface area contributed by atoms with Crippen LogP contribution in [0.1, 0.15) is 63.6 Å². The molecule has 1 fully saturated rings. The minimum atomic E-state index is -0.668. The van der Waals surface area contributed by atoms with E-state index in [1.54, 1.807) is 6.07 Å². The normalized spacial score (nSPS) is 14.7. The number of aromatic nitrogens is 4. The summed E-state index contributed by atoms with van der Waals surface area (Å²) in [5, 5.41) is 6.90. The molecule has 0 spiro atoms. The van der Waals surface area contributed by atoms with Crippen molar-refractivity contribution in [1.29, 1.82) is 0 Å². The third-order valence-corrected chi connectivity index (χ3v) is 6.51. The van der Waals surface area contributed by atoms with Crippen LogP contribution in [0.2, 0.25) is 0 Å². The van der Waals surface area contributed by atoms with Crippen LogP contribution in [0.5, 0.6) is 5.75 Å². The van der Waals surface area contributed by atoms with E-state index in [1.165, 1.54) is 12.1 Å². The highest BCUT2D eigenvalue weighted by Gasteiger charge is 2.21. The van der Waals surface area contributed by atoms with E-state index in [0.717, 1.165) is 62.4 Å². The number of rotatable bonds is 9. The van der Waals surface area contributed by atoms with Crippen LogP contribution in [0.15, 0.2) is 30.6 Å². The molecule has 0 unspecified atom stereocenters. The van der Waals surface area contributed by atoms with Crippen molar-refractivity contribution in [2.75, 3.05) is 24.6 Å². The van der Waals surface area contributed by atoms with Gasteiger partial charge in [0.05, 0.1) is 17.9 Å². The minimum Gasteiger partial charge on any atom is -0.493 e. The number of hydrogen-bond acceptors (Lipinski definition) is 5. The van der Waals surface area contributed by atoms with Gasteiger partial charge in [-0.2, -0.15) is 5.10 Å². The molecule has 0 saturated carbocycles. The molecule has 182 valence electrons. The number of aryl methyl sites for hydroxylation is 1. The van der Waals surface area contributed by atoms with E-state index >= 15 is 0 Å². The standard InChI is InChI=1S/C26H33F2N5O/c1-4-18-15-29-26(30-16-18)33-9-7-19(8-10-33)6-5-11-34-20-12-21(27)25(22(28)13-20)24-14-23(17(2)3)31-32-24/h12-17,19H,4-11H2,1-3H3,(H,31,32). The first-order valence-corrected chi connectivity index (χ1v) is 12.2. The van der Waals surface area contributed by atoms with Gasteiger partial charge in [-0.25, -0.2) is 18.7 Å². The quantitative estimate of drug-likeness (QED) is 0.395. The Bertz CT molecular complexity index is 1050. The number of anilines is 1. The summed E-state index contributed by atoms with van der Waals surface area (Å²) >= 11 is 0. The highest BCUT2D eigenvalue weighted by atomic mass is 19.1. The van der Waals surface area contributed by atoms with Gasteiger partial charge in [-0.15, -0.1) is 0 Å². The summed E-state index contributed by atoms with van der Waals surface area (Å²) in [7, 11) is 0. The maximum absolute atomic E-state index is 14.6. The molecule has 1 saturated heterocycles. The molecular weight excluding hydrogens is 436 g/mol. The highest BCUT2D eigenvalue weighted by molar-refractivity contribution is 5.62. The van der Waals surface area contributed by atoms with Crippen LogP contribution in [-0.4, -0.2) is 39.9 Å². The van der Waals surface area contributed by atoms with E-state index < -0.39 is 11.6 Å². The molecule has 1 aromatic carbocycles. The summed E-state index contributed by atoms with van der Waals surface area (Å²) in [5.74, 6) is 0.489. The Hall–Kier alpha value is -3.03. The number of nitrogens with zero attached hydrogens (tertiary/aromatic N) is 4. The van der Waals surface area contributed by atoms with Gasteiger partial charge in [0, 0.05) is 43.3 Å². The van der Waals surface area contributed by atoms with Gasteiger partial charge < -0.3 is 9.64 Å². The van der Waals surface area contributed by atoms with Crippen molar-refractivity contribution >= 4 is 5.95 Å². The predicted octanol–water partition coefficient (Wildman–Crippen LogP) is 5.91.